The van der Waals surface area contributed by atoms with E-state index in [0.29, 0.717) is 26.8 Å². The van der Waals surface area contributed by atoms with Gasteiger partial charge in [0.2, 0.25) is 4.96 Å². The average Bonchev–Trinajstić information content (AvgIpc) is 3.22. The number of esters is 1. The number of benzene rings is 2. The minimum atomic E-state index is -0.380. The van der Waals surface area contributed by atoms with Crippen molar-refractivity contribution in [1.29, 1.82) is 0 Å². The summed E-state index contributed by atoms with van der Waals surface area (Å²) < 4.78 is 12.2. The molecule has 0 aliphatic carbocycles. The number of nitrogens with zero attached hydrogens (tertiary/aromatic N) is 3. The van der Waals surface area contributed by atoms with E-state index in [9.17, 15) is 9.59 Å². The van der Waals surface area contributed by atoms with Gasteiger partial charge in [-0.3, -0.25) is 9.59 Å². The highest BCUT2D eigenvalue weighted by molar-refractivity contribution is 7.15. The number of hydrogen-bond acceptors (Lipinski definition) is 7. The zero-order valence-corrected chi connectivity index (χ0v) is 15.9. The largest absolute Gasteiger partial charge is 0.496 e. The van der Waals surface area contributed by atoms with E-state index < -0.39 is 0 Å². The van der Waals surface area contributed by atoms with Gasteiger partial charge in [0.15, 0.2) is 5.82 Å². The van der Waals surface area contributed by atoms with Gasteiger partial charge in [0, 0.05) is 6.92 Å². The maximum Gasteiger partial charge on any atom is 0.308 e. The number of hydrogen-bond donors (Lipinski definition) is 0. The fraction of sp³-hybridized carbons (Fsp3) is 0.100. The fourth-order valence-corrected chi connectivity index (χ4v) is 3.63. The molecule has 0 amide bonds. The number of para-hydroxylation sites is 1. The Balaban J connectivity index is 1.71. The summed E-state index contributed by atoms with van der Waals surface area (Å²) in [6.45, 7) is 1.34. The first-order valence-corrected chi connectivity index (χ1v) is 9.20. The molecule has 7 nitrogen and oxygen atoms in total. The quantitative estimate of drug-likeness (QED) is 0.391. The van der Waals surface area contributed by atoms with Gasteiger partial charge in [-0.25, -0.2) is 0 Å². The highest BCUT2D eigenvalue weighted by Gasteiger charge is 2.14. The van der Waals surface area contributed by atoms with E-state index in [2.05, 4.69) is 10.1 Å². The molecule has 2 aromatic heterocycles. The third-order valence-corrected chi connectivity index (χ3v) is 4.93. The molecular weight excluding hydrogens is 378 g/mol. The average molecular weight is 393 g/mol. The lowest BCUT2D eigenvalue weighted by molar-refractivity contribution is -0.131. The van der Waals surface area contributed by atoms with E-state index in [1.54, 1.807) is 37.5 Å². The maximum atomic E-state index is 12.7. The van der Waals surface area contributed by atoms with Gasteiger partial charge in [-0.05, 0) is 35.9 Å². The van der Waals surface area contributed by atoms with Crippen LogP contribution in [0.3, 0.4) is 0 Å². The lowest BCUT2D eigenvalue weighted by Gasteiger charge is -2.03. The first-order valence-electron chi connectivity index (χ1n) is 8.38. The number of ether oxygens (including phenoxy) is 2. The van der Waals surface area contributed by atoms with E-state index >= 15 is 0 Å². The molecule has 0 radical (unpaired) electrons. The van der Waals surface area contributed by atoms with Crippen molar-refractivity contribution in [2.45, 2.75) is 6.92 Å². The van der Waals surface area contributed by atoms with Crippen molar-refractivity contribution in [2.75, 3.05) is 7.11 Å². The van der Waals surface area contributed by atoms with Crippen molar-refractivity contribution >= 4 is 28.3 Å². The van der Waals surface area contributed by atoms with Crippen LogP contribution < -0.4 is 19.6 Å². The summed E-state index contributed by atoms with van der Waals surface area (Å²) in [5.74, 6) is 1.16. The van der Waals surface area contributed by atoms with Crippen LogP contribution in [0.2, 0.25) is 0 Å². The summed E-state index contributed by atoms with van der Waals surface area (Å²) in [5, 5.41) is 4.35. The molecule has 0 fully saturated rings. The molecule has 28 heavy (non-hydrogen) atoms. The third-order valence-electron chi connectivity index (χ3n) is 3.97. The lowest BCUT2D eigenvalue weighted by atomic mass is 10.2. The summed E-state index contributed by atoms with van der Waals surface area (Å²) in [4.78, 5) is 28.6. The van der Waals surface area contributed by atoms with Gasteiger partial charge >= 0.3 is 5.97 Å². The van der Waals surface area contributed by atoms with Crippen molar-refractivity contribution < 1.29 is 14.3 Å². The van der Waals surface area contributed by atoms with Crippen LogP contribution in [0.15, 0.2) is 53.3 Å². The van der Waals surface area contributed by atoms with Crippen LogP contribution in [0.25, 0.3) is 22.4 Å². The summed E-state index contributed by atoms with van der Waals surface area (Å²) in [5.41, 5.74) is 1.30. The second kappa shape index (κ2) is 7.24. The molecule has 140 valence electrons. The van der Waals surface area contributed by atoms with Crippen LogP contribution in [0, 0.1) is 0 Å². The molecule has 0 bridgehead atoms. The molecule has 4 aromatic rings. The van der Waals surface area contributed by atoms with Crippen LogP contribution in [0.4, 0.5) is 0 Å². The molecule has 0 saturated carbocycles. The van der Waals surface area contributed by atoms with Crippen molar-refractivity contribution in [3.05, 3.63) is 69.0 Å². The zero-order valence-electron chi connectivity index (χ0n) is 15.1. The molecule has 0 aliphatic heterocycles. The molecule has 8 heteroatoms. The lowest BCUT2D eigenvalue weighted by Crippen LogP contribution is -2.23. The smallest absolute Gasteiger partial charge is 0.308 e. The Morgan fingerprint density at radius 1 is 1.14 bits per heavy atom. The highest BCUT2D eigenvalue weighted by atomic mass is 32.1. The Morgan fingerprint density at radius 2 is 1.89 bits per heavy atom. The minimum Gasteiger partial charge on any atom is -0.496 e. The van der Waals surface area contributed by atoms with Crippen molar-refractivity contribution in [1.82, 2.24) is 14.6 Å². The summed E-state index contributed by atoms with van der Waals surface area (Å²) >= 11 is 1.26. The highest BCUT2D eigenvalue weighted by Crippen LogP contribution is 2.27. The summed E-state index contributed by atoms with van der Waals surface area (Å²) in [6, 6.07) is 14.3. The first-order chi connectivity index (χ1) is 13.5. The zero-order chi connectivity index (χ0) is 19.7. The predicted octanol–water partition coefficient (Wildman–Crippen LogP) is 2.30. The summed E-state index contributed by atoms with van der Waals surface area (Å²) in [7, 11) is 1.58. The van der Waals surface area contributed by atoms with Crippen LogP contribution in [-0.2, 0) is 4.79 Å². The van der Waals surface area contributed by atoms with Gasteiger partial charge in [-0.15, -0.1) is 5.10 Å². The number of methoxy groups -OCH3 is 1. The van der Waals surface area contributed by atoms with E-state index in [4.69, 9.17) is 9.47 Å². The molecule has 2 aromatic carbocycles. The summed E-state index contributed by atoms with van der Waals surface area (Å²) in [6.07, 6.45) is 1.75. The van der Waals surface area contributed by atoms with E-state index in [-0.39, 0.29) is 11.5 Å². The van der Waals surface area contributed by atoms with Crippen molar-refractivity contribution in [3.63, 3.8) is 0 Å². The standard InChI is InChI=1S/C20H15N3O4S/c1-12(24)27-14-9-7-13(8-10-14)11-17-19(25)23-20(28-17)21-18(22-23)15-5-3-4-6-16(15)26-2/h3-11H,1-2H3/b17-11+. The molecule has 0 saturated heterocycles. The molecule has 2 heterocycles. The first kappa shape index (κ1) is 17.9. The number of thiazole rings is 1. The van der Waals surface area contributed by atoms with Gasteiger partial charge in [0.25, 0.3) is 5.56 Å². The van der Waals surface area contributed by atoms with Gasteiger partial charge in [-0.1, -0.05) is 35.6 Å². The molecule has 0 unspecified atom stereocenters. The Labute approximate surface area is 163 Å². The second-order valence-electron chi connectivity index (χ2n) is 5.91. The number of rotatable bonds is 4. The van der Waals surface area contributed by atoms with Crippen LogP contribution >= 0.6 is 11.3 Å². The molecule has 0 aliphatic rings. The van der Waals surface area contributed by atoms with Gasteiger partial charge in [-0.2, -0.15) is 9.50 Å². The monoisotopic (exact) mass is 393 g/mol. The van der Waals surface area contributed by atoms with Gasteiger partial charge < -0.3 is 9.47 Å². The SMILES string of the molecule is COc1ccccc1-c1nc2s/c(=C/c3ccc(OC(C)=O)cc3)c(=O)n2n1. The molecule has 4 rings (SSSR count). The Hall–Kier alpha value is -3.52. The molecule has 0 atom stereocenters. The Bertz CT molecular complexity index is 1280. The maximum absolute atomic E-state index is 12.7. The van der Waals surface area contributed by atoms with E-state index in [1.807, 2.05) is 24.3 Å². The molecular formula is C20H15N3O4S. The number of aromatic nitrogens is 3. The topological polar surface area (TPSA) is 82.8 Å². The minimum absolute atomic E-state index is 0.238. The fourth-order valence-electron chi connectivity index (χ4n) is 2.73. The normalized spacial score (nSPS) is 11.7. The van der Waals surface area contributed by atoms with Crippen molar-refractivity contribution in [2.24, 2.45) is 0 Å². The number of carbonyl (C=O) groups is 1. The van der Waals surface area contributed by atoms with Gasteiger partial charge in [0.1, 0.15) is 11.5 Å². The Morgan fingerprint density at radius 3 is 2.57 bits per heavy atom. The van der Waals surface area contributed by atoms with Crippen LogP contribution in [-0.4, -0.2) is 27.7 Å². The Kier molecular flexibility index (Phi) is 4.62. The predicted molar refractivity (Wildman–Crippen MR) is 106 cm³/mol. The second-order valence-corrected chi connectivity index (χ2v) is 6.92. The van der Waals surface area contributed by atoms with Crippen LogP contribution in [0.1, 0.15) is 12.5 Å². The number of carbonyl (C=O) groups excluding carboxylic acids is 1. The van der Waals surface area contributed by atoms with Crippen LogP contribution in [0.5, 0.6) is 11.5 Å². The molecule has 0 spiro atoms. The van der Waals surface area contributed by atoms with E-state index in [1.165, 1.54) is 22.8 Å². The third kappa shape index (κ3) is 3.37. The molecule has 0 N–H and O–H groups in total. The van der Waals surface area contributed by atoms with Gasteiger partial charge in [0.05, 0.1) is 17.2 Å². The van der Waals surface area contributed by atoms with E-state index in [0.717, 1.165) is 11.1 Å². The number of fused-ring (bicyclic) bond motifs is 1. The van der Waals surface area contributed by atoms with Crippen molar-refractivity contribution in [3.8, 4) is 22.9 Å².